The first-order chi connectivity index (χ1) is 9.20. The molecule has 1 aliphatic rings. The number of amides is 1. The highest BCUT2D eigenvalue weighted by molar-refractivity contribution is 7.99. The molecule has 1 amide bonds. The van der Waals surface area contributed by atoms with Crippen LogP contribution >= 0.6 is 23.4 Å². The lowest BCUT2D eigenvalue weighted by Gasteiger charge is -2.26. The number of nitrogens with one attached hydrogen (secondary N) is 2. The van der Waals surface area contributed by atoms with Crippen LogP contribution in [0.2, 0.25) is 5.02 Å². The molecule has 3 nitrogen and oxygen atoms in total. The van der Waals surface area contributed by atoms with Crippen LogP contribution in [-0.4, -0.2) is 24.7 Å². The molecule has 0 saturated heterocycles. The summed E-state index contributed by atoms with van der Waals surface area (Å²) in [6, 6.07) is 6.21. The van der Waals surface area contributed by atoms with E-state index in [1.54, 1.807) is 0 Å². The topological polar surface area (TPSA) is 41.1 Å². The molecule has 1 aromatic carbocycles. The fraction of sp³-hybridized carbons (Fsp3) is 0.500. The summed E-state index contributed by atoms with van der Waals surface area (Å²) in [6.45, 7) is 3.15. The van der Waals surface area contributed by atoms with Gasteiger partial charge in [0.25, 0.3) is 0 Å². The first-order valence-electron chi connectivity index (χ1n) is 6.63. The number of thioether (sulfide) groups is 1. The predicted molar refractivity (Wildman–Crippen MR) is 80.8 cm³/mol. The smallest absolute Gasteiger partial charge is 0.233 e. The lowest BCUT2D eigenvalue weighted by molar-refractivity contribution is -0.120. The van der Waals surface area contributed by atoms with Crippen LogP contribution in [0.1, 0.15) is 31.4 Å². The van der Waals surface area contributed by atoms with Crippen LogP contribution in [0.4, 0.5) is 0 Å². The second-order valence-corrected chi connectivity index (χ2v) is 6.18. The average Bonchev–Trinajstić information content (AvgIpc) is 2.42. The molecular weight excluding hydrogens is 280 g/mol. The van der Waals surface area contributed by atoms with Gasteiger partial charge in [0.15, 0.2) is 0 Å². The number of carbonyl (C=O) groups excluding carboxylic acids is 1. The molecule has 2 N–H and O–H groups in total. The Balaban J connectivity index is 1.95. The summed E-state index contributed by atoms with van der Waals surface area (Å²) in [5, 5.41) is 6.96. The molecule has 2 rings (SSSR count). The zero-order valence-electron chi connectivity index (χ0n) is 11.0. The van der Waals surface area contributed by atoms with Crippen molar-refractivity contribution in [1.82, 2.24) is 10.6 Å². The Bertz CT molecular complexity index is 453. The van der Waals surface area contributed by atoms with Crippen LogP contribution in [0.3, 0.4) is 0 Å². The van der Waals surface area contributed by atoms with E-state index in [-0.39, 0.29) is 11.9 Å². The third-order valence-electron chi connectivity index (χ3n) is 3.09. The predicted octanol–water partition coefficient (Wildman–Crippen LogP) is 2.99. The van der Waals surface area contributed by atoms with E-state index in [1.807, 2.05) is 30.8 Å². The standard InChI is InChI=1S/C14H19ClN2OS/c1-2-6-16-14(18)9-17-12-5-7-19-13-4-3-10(15)8-11(12)13/h3-4,8,12,17H,2,5-7,9H2,1H3,(H,16,18). The minimum atomic E-state index is 0.0589. The Morgan fingerprint density at radius 1 is 1.53 bits per heavy atom. The second kappa shape index (κ2) is 7.17. The van der Waals surface area contributed by atoms with Crippen molar-refractivity contribution in [3.05, 3.63) is 28.8 Å². The first-order valence-corrected chi connectivity index (χ1v) is 7.99. The molecule has 0 spiro atoms. The molecule has 0 bridgehead atoms. The van der Waals surface area contributed by atoms with Crippen LogP contribution < -0.4 is 10.6 Å². The number of benzene rings is 1. The van der Waals surface area contributed by atoms with Crippen LogP contribution in [0.5, 0.6) is 0 Å². The highest BCUT2D eigenvalue weighted by atomic mass is 35.5. The van der Waals surface area contributed by atoms with Gasteiger partial charge in [0.1, 0.15) is 0 Å². The summed E-state index contributed by atoms with van der Waals surface area (Å²) in [5.41, 5.74) is 1.21. The molecule has 104 valence electrons. The number of carbonyl (C=O) groups is 1. The quantitative estimate of drug-likeness (QED) is 0.878. The van der Waals surface area contributed by atoms with Gasteiger partial charge in [-0.2, -0.15) is 0 Å². The van der Waals surface area contributed by atoms with Crippen LogP contribution in [0.15, 0.2) is 23.1 Å². The van der Waals surface area contributed by atoms with Crippen molar-refractivity contribution in [2.75, 3.05) is 18.8 Å². The lowest BCUT2D eigenvalue weighted by atomic mass is 10.0. The minimum absolute atomic E-state index is 0.0589. The average molecular weight is 299 g/mol. The van der Waals surface area contributed by atoms with Gasteiger partial charge in [-0.1, -0.05) is 18.5 Å². The van der Waals surface area contributed by atoms with Crippen molar-refractivity contribution in [3.63, 3.8) is 0 Å². The molecule has 1 heterocycles. The largest absolute Gasteiger partial charge is 0.355 e. The van der Waals surface area contributed by atoms with Gasteiger partial charge in [-0.05, 0) is 42.4 Å². The Morgan fingerprint density at radius 3 is 3.16 bits per heavy atom. The molecule has 0 radical (unpaired) electrons. The molecule has 0 aromatic heterocycles. The lowest BCUT2D eigenvalue weighted by Crippen LogP contribution is -2.36. The molecule has 1 unspecified atom stereocenters. The molecule has 1 atom stereocenters. The fourth-order valence-electron chi connectivity index (χ4n) is 2.12. The molecule has 0 aliphatic carbocycles. The van der Waals surface area contributed by atoms with E-state index >= 15 is 0 Å². The molecule has 1 aromatic rings. The SMILES string of the molecule is CCCNC(=O)CNC1CCSc2ccc(Cl)cc21. The first kappa shape index (κ1) is 14.7. The van der Waals surface area contributed by atoms with Crippen molar-refractivity contribution in [1.29, 1.82) is 0 Å². The van der Waals surface area contributed by atoms with E-state index < -0.39 is 0 Å². The zero-order chi connectivity index (χ0) is 13.7. The summed E-state index contributed by atoms with van der Waals surface area (Å²) in [4.78, 5) is 12.9. The number of fused-ring (bicyclic) bond motifs is 1. The Labute approximate surface area is 123 Å². The van der Waals surface area contributed by atoms with Gasteiger partial charge in [0.2, 0.25) is 5.91 Å². The molecular formula is C14H19ClN2OS. The molecule has 0 saturated carbocycles. The van der Waals surface area contributed by atoms with Crippen molar-refractivity contribution >= 4 is 29.3 Å². The second-order valence-electron chi connectivity index (χ2n) is 4.60. The fourth-order valence-corrected chi connectivity index (χ4v) is 3.41. The number of rotatable bonds is 5. The summed E-state index contributed by atoms with van der Waals surface area (Å²) < 4.78 is 0. The maximum atomic E-state index is 11.6. The van der Waals surface area contributed by atoms with E-state index in [0.29, 0.717) is 6.54 Å². The van der Waals surface area contributed by atoms with E-state index in [2.05, 4.69) is 16.7 Å². The highest BCUT2D eigenvalue weighted by Crippen LogP contribution is 2.37. The van der Waals surface area contributed by atoms with Gasteiger partial charge in [-0.3, -0.25) is 4.79 Å². The van der Waals surface area contributed by atoms with Gasteiger partial charge >= 0.3 is 0 Å². The van der Waals surface area contributed by atoms with Crippen molar-refractivity contribution < 1.29 is 4.79 Å². The van der Waals surface area contributed by atoms with Crippen LogP contribution in [0.25, 0.3) is 0 Å². The van der Waals surface area contributed by atoms with Crippen molar-refractivity contribution in [2.45, 2.75) is 30.7 Å². The van der Waals surface area contributed by atoms with E-state index in [0.717, 1.165) is 30.2 Å². The van der Waals surface area contributed by atoms with Crippen molar-refractivity contribution in [2.24, 2.45) is 0 Å². The van der Waals surface area contributed by atoms with Gasteiger partial charge in [-0.15, -0.1) is 11.8 Å². The third kappa shape index (κ3) is 4.13. The zero-order valence-corrected chi connectivity index (χ0v) is 12.6. The maximum Gasteiger partial charge on any atom is 0.233 e. The highest BCUT2D eigenvalue weighted by Gasteiger charge is 2.21. The van der Waals surface area contributed by atoms with E-state index in [9.17, 15) is 4.79 Å². The summed E-state index contributed by atoms with van der Waals surface area (Å²) in [7, 11) is 0. The maximum absolute atomic E-state index is 11.6. The molecule has 1 aliphatic heterocycles. The van der Waals surface area contributed by atoms with Crippen LogP contribution in [0, 0.1) is 0 Å². The van der Waals surface area contributed by atoms with Gasteiger partial charge in [-0.25, -0.2) is 0 Å². The van der Waals surface area contributed by atoms with E-state index in [1.165, 1.54) is 10.5 Å². The number of halogens is 1. The Hall–Kier alpha value is -0.710. The third-order valence-corrected chi connectivity index (χ3v) is 4.45. The summed E-state index contributed by atoms with van der Waals surface area (Å²) in [6.07, 6.45) is 1.99. The minimum Gasteiger partial charge on any atom is -0.355 e. The number of hydrogen-bond acceptors (Lipinski definition) is 3. The molecule has 19 heavy (non-hydrogen) atoms. The van der Waals surface area contributed by atoms with Gasteiger partial charge in [0.05, 0.1) is 6.54 Å². The van der Waals surface area contributed by atoms with E-state index in [4.69, 9.17) is 11.6 Å². The normalized spacial score (nSPS) is 17.9. The molecule has 0 fully saturated rings. The monoisotopic (exact) mass is 298 g/mol. The van der Waals surface area contributed by atoms with Gasteiger partial charge in [0, 0.05) is 22.5 Å². The molecule has 5 heteroatoms. The number of hydrogen-bond donors (Lipinski definition) is 2. The Kier molecular flexibility index (Phi) is 5.55. The van der Waals surface area contributed by atoms with Gasteiger partial charge < -0.3 is 10.6 Å². The summed E-state index contributed by atoms with van der Waals surface area (Å²) in [5.74, 6) is 1.13. The summed E-state index contributed by atoms with van der Waals surface area (Å²) >= 11 is 7.91. The van der Waals surface area contributed by atoms with Crippen molar-refractivity contribution in [3.8, 4) is 0 Å². The Morgan fingerprint density at radius 2 is 2.37 bits per heavy atom. The van der Waals surface area contributed by atoms with Crippen LogP contribution in [-0.2, 0) is 4.79 Å².